The monoisotopic (exact) mass is 396 g/mol. The van der Waals surface area contributed by atoms with Gasteiger partial charge in [-0.05, 0) is 48.6 Å². The molecule has 0 atom stereocenters. The number of hydrogen-bond acceptors (Lipinski definition) is 5. The van der Waals surface area contributed by atoms with Gasteiger partial charge in [-0.2, -0.15) is 0 Å². The number of fused-ring (bicyclic) bond motifs is 1. The lowest BCUT2D eigenvalue weighted by atomic mass is 10.0. The largest absolute Gasteiger partial charge is 0.496 e. The Morgan fingerprint density at radius 3 is 2.59 bits per heavy atom. The molecule has 2 aromatic rings. The Kier molecular flexibility index (Phi) is 5.29. The molecule has 1 heterocycles. The first-order valence-electron chi connectivity index (χ1n) is 9.69. The molecule has 0 saturated heterocycles. The van der Waals surface area contributed by atoms with Crippen molar-refractivity contribution in [2.45, 2.75) is 25.8 Å². The zero-order valence-corrected chi connectivity index (χ0v) is 16.3. The fraction of sp³-hybridized carbons (Fsp3) is 0.364. The third-order valence-electron chi connectivity index (χ3n) is 5.38. The van der Waals surface area contributed by atoms with Crippen LogP contribution in [0.4, 0.5) is 0 Å². The van der Waals surface area contributed by atoms with Crippen molar-refractivity contribution in [2.24, 2.45) is 5.41 Å². The predicted molar refractivity (Wildman–Crippen MR) is 106 cm³/mol. The number of ether oxygens (including phenoxy) is 3. The quantitative estimate of drug-likeness (QED) is 0.668. The first kappa shape index (κ1) is 19.1. The van der Waals surface area contributed by atoms with Crippen LogP contribution in [0.2, 0.25) is 0 Å². The number of carbonyl (C=O) groups is 2. The van der Waals surface area contributed by atoms with Crippen molar-refractivity contribution in [2.75, 3.05) is 20.4 Å². The molecule has 29 heavy (non-hydrogen) atoms. The van der Waals surface area contributed by atoms with E-state index >= 15 is 0 Å². The summed E-state index contributed by atoms with van der Waals surface area (Å²) in [4.78, 5) is 25.3. The Hall–Kier alpha value is -3.22. The van der Waals surface area contributed by atoms with Crippen molar-refractivity contribution in [3.63, 3.8) is 0 Å². The molecule has 1 fully saturated rings. The van der Waals surface area contributed by atoms with Crippen LogP contribution in [0.3, 0.4) is 0 Å². The molecular formula is C22H24N2O5. The maximum Gasteiger partial charge on any atom is 0.235 e. The molecule has 1 aliphatic heterocycles. The molecule has 2 amide bonds. The number of amides is 2. The Labute approximate surface area is 169 Å². The summed E-state index contributed by atoms with van der Waals surface area (Å²) in [5.41, 5.74) is 0.972. The standard InChI is InChI=1S/C22H24N2O5/c1-27-17-5-3-2-4-16(17)8-11-23-20(25)22(9-10-22)21(26)24-13-15-6-7-18-19(12-15)29-14-28-18/h2-7,12H,8-11,13-14H2,1H3,(H,23,25)(H,24,26). The van der Waals surface area contributed by atoms with Crippen molar-refractivity contribution in [3.05, 3.63) is 53.6 Å². The lowest BCUT2D eigenvalue weighted by molar-refractivity contribution is -0.137. The van der Waals surface area contributed by atoms with E-state index in [1.807, 2.05) is 42.5 Å². The lowest BCUT2D eigenvalue weighted by Gasteiger charge is -2.16. The number of hydrogen-bond donors (Lipinski definition) is 2. The average molecular weight is 396 g/mol. The number of nitrogens with one attached hydrogen (secondary N) is 2. The predicted octanol–water partition coefficient (Wildman–Crippen LogP) is 2.18. The fourth-order valence-electron chi connectivity index (χ4n) is 3.47. The molecule has 7 nitrogen and oxygen atoms in total. The van der Waals surface area contributed by atoms with Crippen LogP contribution < -0.4 is 24.8 Å². The van der Waals surface area contributed by atoms with Gasteiger partial charge in [0.05, 0.1) is 7.11 Å². The van der Waals surface area contributed by atoms with Crippen LogP contribution in [0.25, 0.3) is 0 Å². The molecule has 2 aliphatic rings. The van der Waals surface area contributed by atoms with Crippen LogP contribution in [-0.4, -0.2) is 32.3 Å². The van der Waals surface area contributed by atoms with Crippen LogP contribution in [0.1, 0.15) is 24.0 Å². The van der Waals surface area contributed by atoms with E-state index in [0.29, 0.717) is 43.9 Å². The third-order valence-corrected chi connectivity index (χ3v) is 5.38. The van der Waals surface area contributed by atoms with Gasteiger partial charge >= 0.3 is 0 Å². The highest BCUT2D eigenvalue weighted by Gasteiger charge is 2.56. The smallest absolute Gasteiger partial charge is 0.235 e. The van der Waals surface area contributed by atoms with Gasteiger partial charge in [-0.15, -0.1) is 0 Å². The van der Waals surface area contributed by atoms with E-state index in [4.69, 9.17) is 14.2 Å². The first-order chi connectivity index (χ1) is 14.1. The molecule has 4 rings (SSSR count). The number of methoxy groups -OCH3 is 1. The molecule has 0 spiro atoms. The summed E-state index contributed by atoms with van der Waals surface area (Å²) in [7, 11) is 1.63. The van der Waals surface area contributed by atoms with E-state index in [-0.39, 0.29) is 18.6 Å². The molecule has 0 unspecified atom stereocenters. The van der Waals surface area contributed by atoms with E-state index < -0.39 is 5.41 Å². The van der Waals surface area contributed by atoms with Gasteiger partial charge in [0.2, 0.25) is 18.6 Å². The van der Waals surface area contributed by atoms with Gasteiger partial charge in [0.25, 0.3) is 0 Å². The summed E-state index contributed by atoms with van der Waals surface area (Å²) in [6, 6.07) is 13.2. The molecular weight excluding hydrogens is 372 g/mol. The maximum absolute atomic E-state index is 12.7. The second-order valence-corrected chi connectivity index (χ2v) is 7.27. The van der Waals surface area contributed by atoms with Crippen LogP contribution in [-0.2, 0) is 22.6 Å². The first-order valence-corrected chi connectivity index (χ1v) is 9.69. The summed E-state index contributed by atoms with van der Waals surface area (Å²) in [5.74, 6) is 1.73. The minimum absolute atomic E-state index is 0.212. The SMILES string of the molecule is COc1ccccc1CCNC(=O)C1(C(=O)NCc2ccc3c(c2)OCO3)CC1. The van der Waals surface area contributed by atoms with Gasteiger partial charge < -0.3 is 24.8 Å². The fourth-order valence-corrected chi connectivity index (χ4v) is 3.47. The maximum atomic E-state index is 12.7. The van der Waals surface area contributed by atoms with Crippen molar-refractivity contribution in [1.82, 2.24) is 10.6 Å². The minimum atomic E-state index is -0.947. The Morgan fingerprint density at radius 1 is 1.03 bits per heavy atom. The molecule has 1 saturated carbocycles. The molecule has 152 valence electrons. The summed E-state index contributed by atoms with van der Waals surface area (Å²) in [5, 5.41) is 5.79. The van der Waals surface area contributed by atoms with Crippen molar-refractivity contribution in [1.29, 1.82) is 0 Å². The molecule has 2 N–H and O–H groups in total. The van der Waals surface area contributed by atoms with Crippen molar-refractivity contribution in [3.8, 4) is 17.2 Å². The zero-order valence-electron chi connectivity index (χ0n) is 16.3. The molecule has 7 heteroatoms. The van der Waals surface area contributed by atoms with E-state index in [1.54, 1.807) is 7.11 Å². The number of benzene rings is 2. The van der Waals surface area contributed by atoms with Gasteiger partial charge in [-0.25, -0.2) is 0 Å². The normalized spacial score (nSPS) is 15.5. The molecule has 2 aromatic carbocycles. The van der Waals surface area contributed by atoms with Gasteiger partial charge in [-0.3, -0.25) is 9.59 Å². The highest BCUT2D eigenvalue weighted by molar-refractivity contribution is 6.07. The summed E-state index contributed by atoms with van der Waals surface area (Å²) in [6.45, 7) is 1.01. The number of rotatable bonds is 8. The average Bonchev–Trinajstić information content (AvgIpc) is 3.43. The van der Waals surface area contributed by atoms with E-state index in [2.05, 4.69) is 10.6 Å². The van der Waals surface area contributed by atoms with Crippen molar-refractivity contribution < 1.29 is 23.8 Å². The highest BCUT2D eigenvalue weighted by Crippen LogP contribution is 2.46. The van der Waals surface area contributed by atoms with E-state index in [0.717, 1.165) is 16.9 Å². The summed E-state index contributed by atoms with van der Waals surface area (Å²) in [6.07, 6.45) is 1.78. The second-order valence-electron chi connectivity index (χ2n) is 7.27. The van der Waals surface area contributed by atoms with Crippen LogP contribution in [0.5, 0.6) is 17.2 Å². The molecule has 0 bridgehead atoms. The van der Waals surface area contributed by atoms with Gasteiger partial charge in [0, 0.05) is 13.1 Å². The molecule has 1 aliphatic carbocycles. The van der Waals surface area contributed by atoms with Gasteiger partial charge in [0.1, 0.15) is 11.2 Å². The van der Waals surface area contributed by atoms with Gasteiger partial charge in [-0.1, -0.05) is 24.3 Å². The Balaban J connectivity index is 1.28. The minimum Gasteiger partial charge on any atom is -0.496 e. The Morgan fingerprint density at radius 2 is 1.79 bits per heavy atom. The van der Waals surface area contributed by atoms with Crippen molar-refractivity contribution >= 4 is 11.8 Å². The van der Waals surface area contributed by atoms with Crippen LogP contribution in [0, 0.1) is 5.41 Å². The van der Waals surface area contributed by atoms with Gasteiger partial charge in [0.15, 0.2) is 11.5 Å². The third kappa shape index (κ3) is 3.99. The summed E-state index contributed by atoms with van der Waals surface area (Å²) < 4.78 is 16.0. The number of para-hydroxylation sites is 1. The van der Waals surface area contributed by atoms with E-state index in [1.165, 1.54) is 0 Å². The summed E-state index contributed by atoms with van der Waals surface area (Å²) >= 11 is 0. The lowest BCUT2D eigenvalue weighted by Crippen LogP contribution is -2.43. The van der Waals surface area contributed by atoms with Crippen LogP contribution in [0.15, 0.2) is 42.5 Å². The van der Waals surface area contributed by atoms with Crippen LogP contribution >= 0.6 is 0 Å². The molecule has 0 radical (unpaired) electrons. The zero-order chi connectivity index (χ0) is 20.3. The van der Waals surface area contributed by atoms with E-state index in [9.17, 15) is 9.59 Å². The Bertz CT molecular complexity index is 923. The molecule has 0 aromatic heterocycles. The second kappa shape index (κ2) is 8.03. The highest BCUT2D eigenvalue weighted by atomic mass is 16.7. The topological polar surface area (TPSA) is 85.9 Å². The number of carbonyl (C=O) groups excluding carboxylic acids is 2.